The van der Waals surface area contributed by atoms with Gasteiger partial charge in [-0.3, -0.25) is 4.79 Å². The fraction of sp³-hybridized carbons (Fsp3) is 0.667. The summed E-state index contributed by atoms with van der Waals surface area (Å²) in [7, 11) is 1.61. The smallest absolute Gasteiger partial charge is 0.379 e. The first-order chi connectivity index (χ1) is 9.81. The van der Waals surface area contributed by atoms with Crippen LogP contribution in [0.3, 0.4) is 0 Å². The second kappa shape index (κ2) is 6.35. The van der Waals surface area contributed by atoms with Crippen LogP contribution in [0.2, 0.25) is 0 Å². The first kappa shape index (κ1) is 16.3. The summed E-state index contributed by atoms with van der Waals surface area (Å²) < 4.78 is 42.7. The number of alkyl halides is 3. The van der Waals surface area contributed by atoms with Gasteiger partial charge in [0.05, 0.1) is 24.0 Å². The Morgan fingerprint density at radius 2 is 2.24 bits per heavy atom. The number of nitrogens with zero attached hydrogens (tertiary/aromatic N) is 2. The van der Waals surface area contributed by atoms with Gasteiger partial charge in [-0.2, -0.15) is 18.3 Å². The largest absolute Gasteiger partial charge is 0.408 e. The molecule has 0 radical (unpaired) electrons. The van der Waals surface area contributed by atoms with Gasteiger partial charge in [0.15, 0.2) is 0 Å². The minimum Gasteiger partial charge on any atom is -0.379 e. The summed E-state index contributed by atoms with van der Waals surface area (Å²) in [5.41, 5.74) is -0.434. The maximum absolute atomic E-state index is 12.3. The molecule has 2 rings (SSSR count). The van der Waals surface area contributed by atoms with E-state index in [4.69, 9.17) is 4.74 Å². The number of hydrogen-bond donors (Lipinski definition) is 1. The van der Waals surface area contributed by atoms with Crippen LogP contribution in [-0.2, 0) is 11.3 Å². The quantitative estimate of drug-likeness (QED) is 0.885. The zero-order valence-electron chi connectivity index (χ0n) is 11.3. The van der Waals surface area contributed by atoms with Crippen molar-refractivity contribution in [3.8, 4) is 0 Å². The fourth-order valence-electron chi connectivity index (χ4n) is 2.42. The number of methoxy groups -OCH3 is 1. The summed E-state index contributed by atoms with van der Waals surface area (Å²) in [5, 5.41) is 6.68. The van der Waals surface area contributed by atoms with Crippen molar-refractivity contribution in [2.75, 3.05) is 12.4 Å². The van der Waals surface area contributed by atoms with Crippen molar-refractivity contribution in [2.24, 2.45) is 0 Å². The van der Waals surface area contributed by atoms with Gasteiger partial charge in [0, 0.05) is 7.11 Å². The van der Waals surface area contributed by atoms with E-state index in [2.05, 4.69) is 26.3 Å². The Morgan fingerprint density at radius 1 is 1.52 bits per heavy atom. The van der Waals surface area contributed by atoms with Crippen LogP contribution in [0.4, 0.5) is 18.9 Å². The van der Waals surface area contributed by atoms with Crippen LogP contribution in [-0.4, -0.2) is 35.2 Å². The lowest BCUT2D eigenvalue weighted by Crippen LogP contribution is -2.33. The molecule has 0 aliphatic heterocycles. The second-order valence-corrected chi connectivity index (χ2v) is 5.70. The van der Waals surface area contributed by atoms with Crippen LogP contribution in [0.1, 0.15) is 19.3 Å². The number of halogens is 4. The molecule has 2 unspecified atom stereocenters. The van der Waals surface area contributed by atoms with Gasteiger partial charge in [-0.25, -0.2) is 4.68 Å². The van der Waals surface area contributed by atoms with Gasteiger partial charge in [0.1, 0.15) is 11.0 Å². The van der Waals surface area contributed by atoms with E-state index in [0.717, 1.165) is 19.3 Å². The van der Waals surface area contributed by atoms with Gasteiger partial charge in [-0.1, -0.05) is 0 Å². The molecule has 118 valence electrons. The summed E-state index contributed by atoms with van der Waals surface area (Å²) in [6.45, 7) is -1.41. The normalized spacial score (nSPS) is 22.5. The van der Waals surface area contributed by atoms with Crippen LogP contribution in [0.5, 0.6) is 0 Å². The van der Waals surface area contributed by atoms with E-state index in [-0.39, 0.29) is 16.6 Å². The fourth-order valence-corrected chi connectivity index (χ4v) is 2.84. The van der Waals surface area contributed by atoms with Crippen molar-refractivity contribution < 1.29 is 17.9 Å². The van der Waals surface area contributed by atoms with Crippen molar-refractivity contribution in [3.63, 3.8) is 0 Å². The highest BCUT2D eigenvalue weighted by molar-refractivity contribution is 9.10. The Kier molecular flexibility index (Phi) is 4.92. The molecule has 1 aliphatic carbocycles. The molecule has 1 heterocycles. The van der Waals surface area contributed by atoms with Gasteiger partial charge < -0.3 is 10.1 Å². The van der Waals surface area contributed by atoms with E-state index in [1.54, 1.807) is 7.11 Å². The molecule has 1 N–H and O–H groups in total. The number of rotatable bonds is 4. The maximum atomic E-state index is 12.3. The van der Waals surface area contributed by atoms with Crippen molar-refractivity contribution in [1.29, 1.82) is 0 Å². The van der Waals surface area contributed by atoms with Crippen molar-refractivity contribution in [2.45, 2.75) is 44.1 Å². The topological polar surface area (TPSA) is 56.1 Å². The molecule has 2 atom stereocenters. The van der Waals surface area contributed by atoms with Gasteiger partial charge in [0.25, 0.3) is 5.56 Å². The Hall–Kier alpha value is -1.09. The van der Waals surface area contributed by atoms with Crippen molar-refractivity contribution >= 4 is 21.6 Å². The van der Waals surface area contributed by atoms with E-state index >= 15 is 0 Å². The zero-order chi connectivity index (χ0) is 15.6. The standard InChI is InChI=1S/C12H15BrF3N3O2/c1-21-9-4-2-3-7(9)18-8-5-17-19(6-12(14,15)16)11(20)10(8)13/h5,7,9,18H,2-4,6H2,1H3. The summed E-state index contributed by atoms with van der Waals surface area (Å²) in [5.74, 6) is 0. The van der Waals surface area contributed by atoms with Crippen molar-refractivity contribution in [3.05, 3.63) is 21.0 Å². The lowest BCUT2D eigenvalue weighted by Gasteiger charge is -2.21. The van der Waals surface area contributed by atoms with E-state index in [1.165, 1.54) is 6.20 Å². The molecule has 1 aliphatic rings. The van der Waals surface area contributed by atoms with Crippen LogP contribution >= 0.6 is 15.9 Å². The number of nitrogens with one attached hydrogen (secondary N) is 1. The molecule has 1 aromatic rings. The lowest BCUT2D eigenvalue weighted by atomic mass is 10.2. The summed E-state index contributed by atoms with van der Waals surface area (Å²) in [6.07, 6.45) is -0.470. The number of hydrogen-bond acceptors (Lipinski definition) is 4. The molecule has 0 saturated heterocycles. The SMILES string of the molecule is COC1CCCC1Nc1cnn(CC(F)(F)F)c(=O)c1Br. The zero-order valence-corrected chi connectivity index (χ0v) is 12.9. The first-order valence-electron chi connectivity index (χ1n) is 6.43. The Bertz CT molecular complexity index is 562. The average molecular weight is 370 g/mol. The molecule has 1 aromatic heterocycles. The van der Waals surface area contributed by atoms with Crippen LogP contribution in [0.25, 0.3) is 0 Å². The Labute approximate surface area is 127 Å². The third-order valence-electron chi connectivity index (χ3n) is 3.41. The third-order valence-corrected chi connectivity index (χ3v) is 4.18. The summed E-state index contributed by atoms with van der Waals surface area (Å²) in [4.78, 5) is 11.9. The van der Waals surface area contributed by atoms with Crippen LogP contribution in [0, 0.1) is 0 Å². The van der Waals surface area contributed by atoms with Gasteiger partial charge in [-0.05, 0) is 35.2 Å². The highest BCUT2D eigenvalue weighted by Gasteiger charge is 2.31. The minimum atomic E-state index is -4.49. The predicted molar refractivity (Wildman–Crippen MR) is 74.3 cm³/mol. The summed E-state index contributed by atoms with van der Waals surface area (Å²) >= 11 is 3.04. The molecule has 5 nitrogen and oxygen atoms in total. The number of ether oxygens (including phenoxy) is 1. The Balaban J connectivity index is 2.19. The molecular weight excluding hydrogens is 355 g/mol. The van der Waals surface area contributed by atoms with Gasteiger partial charge in [0.2, 0.25) is 0 Å². The molecule has 9 heteroatoms. The summed E-state index contributed by atoms with van der Waals surface area (Å²) in [6, 6.07) is 0.0194. The van der Waals surface area contributed by atoms with Crippen LogP contribution < -0.4 is 10.9 Å². The molecule has 0 amide bonds. The minimum absolute atomic E-state index is 0.0194. The third kappa shape index (κ3) is 3.97. The van der Waals surface area contributed by atoms with Crippen LogP contribution in [0.15, 0.2) is 15.5 Å². The van der Waals surface area contributed by atoms with E-state index in [0.29, 0.717) is 10.4 Å². The van der Waals surface area contributed by atoms with Crippen molar-refractivity contribution in [1.82, 2.24) is 9.78 Å². The monoisotopic (exact) mass is 369 g/mol. The van der Waals surface area contributed by atoms with Gasteiger partial charge >= 0.3 is 6.18 Å². The molecule has 21 heavy (non-hydrogen) atoms. The van der Waals surface area contributed by atoms with E-state index < -0.39 is 18.3 Å². The highest BCUT2D eigenvalue weighted by atomic mass is 79.9. The highest BCUT2D eigenvalue weighted by Crippen LogP contribution is 2.27. The molecule has 0 bridgehead atoms. The maximum Gasteiger partial charge on any atom is 0.408 e. The number of aromatic nitrogens is 2. The molecular formula is C12H15BrF3N3O2. The first-order valence-corrected chi connectivity index (χ1v) is 7.23. The Morgan fingerprint density at radius 3 is 2.86 bits per heavy atom. The lowest BCUT2D eigenvalue weighted by molar-refractivity contribution is -0.143. The van der Waals surface area contributed by atoms with E-state index in [1.807, 2.05) is 0 Å². The number of anilines is 1. The second-order valence-electron chi connectivity index (χ2n) is 4.91. The molecule has 0 aromatic carbocycles. The van der Waals surface area contributed by atoms with Gasteiger partial charge in [-0.15, -0.1) is 0 Å². The molecule has 1 fully saturated rings. The van der Waals surface area contributed by atoms with E-state index in [9.17, 15) is 18.0 Å². The molecule has 0 spiro atoms. The predicted octanol–water partition coefficient (Wildman–Crippen LogP) is 2.55. The molecule has 1 saturated carbocycles. The average Bonchev–Trinajstić information content (AvgIpc) is 2.84.